The molecule has 1 unspecified atom stereocenters. The van der Waals surface area contributed by atoms with Gasteiger partial charge in [0.05, 0.1) is 6.10 Å². The van der Waals surface area contributed by atoms with Crippen molar-refractivity contribution in [2.24, 2.45) is 0 Å². The molecule has 0 saturated carbocycles. The van der Waals surface area contributed by atoms with Gasteiger partial charge in [0.1, 0.15) is 0 Å². The molecule has 2 aromatic carbocycles. The maximum atomic E-state index is 11.9. The Morgan fingerprint density at radius 3 is 2.39 bits per heavy atom. The smallest absolute Gasteiger partial charge is 0.313 e. The minimum absolute atomic E-state index is 0.0247. The maximum Gasteiger partial charge on any atom is 0.313 e. The van der Waals surface area contributed by atoms with Crippen molar-refractivity contribution in [1.82, 2.24) is 5.32 Å². The molecule has 3 N–H and O–H groups in total. The molecule has 5 heteroatoms. The molecule has 2 amide bonds. The summed E-state index contributed by atoms with van der Waals surface area (Å²) in [7, 11) is 0. The Balaban J connectivity index is 1.89. The van der Waals surface area contributed by atoms with E-state index < -0.39 is 17.9 Å². The zero-order valence-corrected chi connectivity index (χ0v) is 13.2. The third-order valence-corrected chi connectivity index (χ3v) is 3.48. The molecule has 2 rings (SSSR count). The van der Waals surface area contributed by atoms with Gasteiger partial charge in [0, 0.05) is 12.2 Å². The van der Waals surface area contributed by atoms with Crippen LogP contribution in [0.2, 0.25) is 0 Å². The monoisotopic (exact) mass is 312 g/mol. The zero-order chi connectivity index (χ0) is 16.8. The molecule has 0 aliphatic heterocycles. The van der Waals surface area contributed by atoms with Crippen LogP contribution in [-0.4, -0.2) is 23.5 Å². The fourth-order valence-electron chi connectivity index (χ4n) is 2.20. The molecular weight excluding hydrogens is 292 g/mol. The maximum absolute atomic E-state index is 11.9. The number of aliphatic hydroxyl groups is 1. The molecule has 0 aliphatic carbocycles. The van der Waals surface area contributed by atoms with E-state index in [1.165, 1.54) is 0 Å². The van der Waals surface area contributed by atoms with Crippen LogP contribution in [-0.2, 0) is 9.59 Å². The van der Waals surface area contributed by atoms with E-state index in [9.17, 15) is 14.7 Å². The highest BCUT2D eigenvalue weighted by atomic mass is 16.3. The first kappa shape index (κ1) is 16.7. The predicted octanol–water partition coefficient (Wildman–Crippen LogP) is 2.09. The summed E-state index contributed by atoms with van der Waals surface area (Å²) in [5.74, 6) is -1.53. The third-order valence-electron chi connectivity index (χ3n) is 3.48. The van der Waals surface area contributed by atoms with Gasteiger partial charge in [-0.2, -0.15) is 0 Å². The van der Waals surface area contributed by atoms with Gasteiger partial charge in [0.2, 0.25) is 0 Å². The Morgan fingerprint density at radius 1 is 1.04 bits per heavy atom. The highest BCUT2D eigenvalue weighted by Crippen LogP contribution is 2.16. The van der Waals surface area contributed by atoms with Crippen LogP contribution < -0.4 is 10.6 Å². The standard InChI is InChI=1S/C18H20N2O3/c1-12-8-9-15(13(2)10-12)20-18(23)17(22)19-11-16(21)14-6-4-3-5-7-14/h3-10,16,21H,11H2,1-2H3,(H,19,22)(H,20,23). The van der Waals surface area contributed by atoms with Crippen molar-refractivity contribution in [3.8, 4) is 0 Å². The lowest BCUT2D eigenvalue weighted by molar-refractivity contribution is -0.136. The minimum Gasteiger partial charge on any atom is -0.387 e. The summed E-state index contributed by atoms with van der Waals surface area (Å²) in [4.78, 5) is 23.7. The summed E-state index contributed by atoms with van der Waals surface area (Å²) in [5.41, 5.74) is 3.24. The molecule has 23 heavy (non-hydrogen) atoms. The fourth-order valence-corrected chi connectivity index (χ4v) is 2.20. The molecule has 5 nitrogen and oxygen atoms in total. The number of rotatable bonds is 4. The summed E-state index contributed by atoms with van der Waals surface area (Å²) in [6.45, 7) is 3.79. The normalized spacial score (nSPS) is 11.6. The van der Waals surface area contributed by atoms with Crippen molar-refractivity contribution < 1.29 is 14.7 Å². The zero-order valence-electron chi connectivity index (χ0n) is 13.2. The van der Waals surface area contributed by atoms with E-state index in [1.807, 2.05) is 32.0 Å². The van der Waals surface area contributed by atoms with Gasteiger partial charge < -0.3 is 15.7 Å². The molecule has 2 aromatic rings. The first-order chi connectivity index (χ1) is 11.0. The van der Waals surface area contributed by atoms with E-state index >= 15 is 0 Å². The van der Waals surface area contributed by atoms with Crippen LogP contribution in [0.15, 0.2) is 48.5 Å². The predicted molar refractivity (Wildman–Crippen MR) is 89.0 cm³/mol. The first-order valence-electron chi connectivity index (χ1n) is 7.37. The molecule has 0 radical (unpaired) electrons. The van der Waals surface area contributed by atoms with Gasteiger partial charge in [0.15, 0.2) is 0 Å². The van der Waals surface area contributed by atoms with E-state index in [1.54, 1.807) is 30.3 Å². The Kier molecular flexibility index (Phi) is 5.49. The lowest BCUT2D eigenvalue weighted by Crippen LogP contribution is -2.37. The summed E-state index contributed by atoms with van der Waals surface area (Å²) in [5, 5.41) is 15.0. The summed E-state index contributed by atoms with van der Waals surface area (Å²) in [6.07, 6.45) is -0.853. The summed E-state index contributed by atoms with van der Waals surface area (Å²) in [6, 6.07) is 14.5. The topological polar surface area (TPSA) is 78.4 Å². The SMILES string of the molecule is Cc1ccc(NC(=O)C(=O)NCC(O)c2ccccc2)c(C)c1. The van der Waals surface area contributed by atoms with E-state index in [4.69, 9.17) is 0 Å². The van der Waals surface area contributed by atoms with Crippen LogP contribution >= 0.6 is 0 Å². The largest absolute Gasteiger partial charge is 0.387 e. The number of benzene rings is 2. The van der Waals surface area contributed by atoms with E-state index in [2.05, 4.69) is 10.6 Å². The van der Waals surface area contributed by atoms with Crippen LogP contribution in [0.3, 0.4) is 0 Å². The molecule has 0 fully saturated rings. The molecule has 0 aliphatic rings. The molecule has 0 aromatic heterocycles. The number of hydrogen-bond donors (Lipinski definition) is 3. The average Bonchev–Trinajstić information content (AvgIpc) is 2.55. The molecule has 1 atom stereocenters. The van der Waals surface area contributed by atoms with Crippen molar-refractivity contribution in [3.63, 3.8) is 0 Å². The Labute approximate surface area is 135 Å². The van der Waals surface area contributed by atoms with Gasteiger partial charge in [-0.3, -0.25) is 9.59 Å². The second-order valence-electron chi connectivity index (χ2n) is 5.41. The first-order valence-corrected chi connectivity index (χ1v) is 7.37. The second kappa shape index (κ2) is 7.56. The van der Waals surface area contributed by atoms with Crippen LogP contribution in [0.1, 0.15) is 22.8 Å². The number of aryl methyl sites for hydroxylation is 2. The summed E-state index contributed by atoms with van der Waals surface area (Å²) < 4.78 is 0. The highest BCUT2D eigenvalue weighted by Gasteiger charge is 2.16. The van der Waals surface area contributed by atoms with Crippen LogP contribution in [0.5, 0.6) is 0 Å². The summed E-state index contributed by atoms with van der Waals surface area (Å²) >= 11 is 0. The van der Waals surface area contributed by atoms with Gasteiger partial charge in [-0.1, -0.05) is 48.0 Å². The van der Waals surface area contributed by atoms with Gasteiger partial charge >= 0.3 is 11.8 Å². The fraction of sp³-hybridized carbons (Fsp3) is 0.222. The van der Waals surface area contributed by atoms with Crippen molar-refractivity contribution >= 4 is 17.5 Å². The van der Waals surface area contributed by atoms with E-state index in [0.29, 0.717) is 11.3 Å². The number of hydrogen-bond acceptors (Lipinski definition) is 3. The second-order valence-corrected chi connectivity index (χ2v) is 5.41. The molecule has 0 heterocycles. The van der Waals surface area contributed by atoms with Crippen molar-refractivity contribution in [2.45, 2.75) is 20.0 Å². The molecule has 0 spiro atoms. The minimum atomic E-state index is -0.853. The van der Waals surface area contributed by atoms with E-state index in [-0.39, 0.29) is 6.54 Å². The van der Waals surface area contributed by atoms with Gasteiger partial charge in [-0.05, 0) is 31.0 Å². The van der Waals surface area contributed by atoms with Crippen LogP contribution in [0.4, 0.5) is 5.69 Å². The Morgan fingerprint density at radius 2 is 1.74 bits per heavy atom. The molecular formula is C18H20N2O3. The number of aliphatic hydroxyl groups excluding tert-OH is 1. The quantitative estimate of drug-likeness (QED) is 0.757. The van der Waals surface area contributed by atoms with Crippen molar-refractivity contribution in [1.29, 1.82) is 0 Å². The number of nitrogens with one attached hydrogen (secondary N) is 2. The van der Waals surface area contributed by atoms with Gasteiger partial charge in [-0.25, -0.2) is 0 Å². The average molecular weight is 312 g/mol. The van der Waals surface area contributed by atoms with Crippen molar-refractivity contribution in [2.75, 3.05) is 11.9 Å². The number of carbonyl (C=O) groups is 2. The highest BCUT2D eigenvalue weighted by molar-refractivity contribution is 6.39. The number of carbonyl (C=O) groups excluding carboxylic acids is 2. The Bertz CT molecular complexity index is 699. The molecule has 120 valence electrons. The lowest BCUT2D eigenvalue weighted by atomic mass is 10.1. The van der Waals surface area contributed by atoms with Crippen LogP contribution in [0, 0.1) is 13.8 Å². The number of anilines is 1. The van der Waals surface area contributed by atoms with Crippen molar-refractivity contribution in [3.05, 3.63) is 65.2 Å². The van der Waals surface area contributed by atoms with Gasteiger partial charge in [-0.15, -0.1) is 0 Å². The van der Waals surface area contributed by atoms with Crippen LogP contribution in [0.25, 0.3) is 0 Å². The third kappa shape index (κ3) is 4.66. The molecule has 0 saturated heterocycles. The lowest BCUT2D eigenvalue weighted by Gasteiger charge is -2.13. The van der Waals surface area contributed by atoms with E-state index in [0.717, 1.165) is 11.1 Å². The van der Waals surface area contributed by atoms with Gasteiger partial charge in [0.25, 0.3) is 0 Å². The Hall–Kier alpha value is -2.66. The number of amides is 2. The molecule has 0 bridgehead atoms.